The molecule has 0 fully saturated rings. The maximum atomic E-state index is 3.92. The second kappa shape index (κ2) is 10.3. The van der Waals surface area contributed by atoms with E-state index in [4.69, 9.17) is 0 Å². The Balaban J connectivity index is 0. The van der Waals surface area contributed by atoms with Crippen LogP contribution in [0.3, 0.4) is 0 Å². The van der Waals surface area contributed by atoms with E-state index >= 15 is 0 Å². The molecule has 1 N–H and O–H groups in total. The van der Waals surface area contributed by atoms with Crippen molar-refractivity contribution in [3.8, 4) is 0 Å². The van der Waals surface area contributed by atoms with E-state index in [9.17, 15) is 0 Å². The first-order valence-corrected chi connectivity index (χ1v) is 12.8. The quantitative estimate of drug-likeness (QED) is 0.526. The summed E-state index contributed by atoms with van der Waals surface area (Å²) in [4.78, 5) is 2.16. The molecule has 0 atom stereocenters. The SMILES string of the molecule is CN(C)c1cccc(C2=CC[C]([Ti+2]([CH3])([CH3])[NH]C(C)(C)C)=C2)c1.[Cl-].[Cl-].[SiH4]. The Morgan fingerprint density at radius 1 is 1.08 bits per heavy atom. The van der Waals surface area contributed by atoms with E-state index in [0.717, 1.165) is 6.42 Å². The van der Waals surface area contributed by atoms with Crippen LogP contribution in [-0.2, 0) is 16.8 Å². The number of benzene rings is 1. The molecule has 0 unspecified atom stereocenters. The molecular formula is C19H34Cl2N2SiTi. The first kappa shape index (κ1) is 27.2. The summed E-state index contributed by atoms with van der Waals surface area (Å²) < 4.78 is 5.56. The third-order valence-electron chi connectivity index (χ3n) is 4.06. The van der Waals surface area contributed by atoms with Crippen molar-refractivity contribution < 1.29 is 41.7 Å². The predicted octanol–water partition coefficient (Wildman–Crippen LogP) is -2.47. The van der Waals surface area contributed by atoms with E-state index in [1.165, 1.54) is 16.8 Å². The largest absolute Gasteiger partial charge is 1.00 e. The summed E-state index contributed by atoms with van der Waals surface area (Å²) in [5.41, 5.74) is 4.16. The van der Waals surface area contributed by atoms with Gasteiger partial charge in [0.2, 0.25) is 0 Å². The molecule has 2 rings (SSSR count). The predicted molar refractivity (Wildman–Crippen MR) is 107 cm³/mol. The molecule has 0 heterocycles. The summed E-state index contributed by atoms with van der Waals surface area (Å²) in [6, 6.07) is 8.81. The second-order valence-corrected chi connectivity index (χ2v) is 14.4. The Kier molecular flexibility index (Phi) is 11.2. The summed E-state index contributed by atoms with van der Waals surface area (Å²) in [6.07, 6.45) is 5.94. The number of allylic oxidation sites excluding steroid dienone is 4. The summed E-state index contributed by atoms with van der Waals surface area (Å²) in [6.45, 7) is 6.80. The van der Waals surface area contributed by atoms with Crippen molar-refractivity contribution in [2.45, 2.75) is 43.2 Å². The van der Waals surface area contributed by atoms with Crippen LogP contribution in [0.25, 0.3) is 5.57 Å². The van der Waals surface area contributed by atoms with E-state index in [2.05, 4.69) is 90.4 Å². The second-order valence-electron chi connectivity index (χ2n) is 7.98. The first-order valence-electron chi connectivity index (χ1n) is 8.07. The number of rotatable bonds is 4. The number of hydrogen-bond acceptors (Lipinski definition) is 2. The van der Waals surface area contributed by atoms with Crippen molar-refractivity contribution in [2.75, 3.05) is 19.0 Å². The van der Waals surface area contributed by atoms with Crippen molar-refractivity contribution >= 4 is 22.2 Å². The zero-order valence-electron chi connectivity index (χ0n) is 15.9. The molecule has 0 saturated carbocycles. The molecule has 0 saturated heterocycles. The molecule has 0 aromatic heterocycles. The summed E-state index contributed by atoms with van der Waals surface area (Å²) in [5.74, 6) is 0. The van der Waals surface area contributed by atoms with Crippen LogP contribution in [0, 0.1) is 0 Å². The fourth-order valence-corrected chi connectivity index (χ4v) is 8.08. The molecule has 0 bridgehead atoms. The van der Waals surface area contributed by atoms with Crippen molar-refractivity contribution in [2.24, 2.45) is 0 Å². The number of hydrogen-bond donors (Lipinski definition) is 1. The minimum absolute atomic E-state index is 0. The molecule has 0 spiro atoms. The van der Waals surface area contributed by atoms with Crippen molar-refractivity contribution in [3.63, 3.8) is 0 Å². The maximum absolute atomic E-state index is 3.92. The molecule has 0 aliphatic heterocycles. The molecule has 1 aromatic rings. The Bertz CT molecular complexity index is 620. The van der Waals surface area contributed by atoms with Gasteiger partial charge < -0.3 is 24.8 Å². The van der Waals surface area contributed by atoms with Crippen LogP contribution in [0.15, 0.2) is 40.3 Å². The third-order valence-corrected chi connectivity index (χ3v) is 9.26. The third kappa shape index (κ3) is 7.62. The summed E-state index contributed by atoms with van der Waals surface area (Å²) >= 11 is -2.12. The summed E-state index contributed by atoms with van der Waals surface area (Å²) in [7, 11) is 4.18. The zero-order valence-corrected chi connectivity index (χ0v) is 18.9. The molecule has 1 aliphatic rings. The molecule has 1 aliphatic carbocycles. The maximum Gasteiger partial charge on any atom is -0.0149 e. The van der Waals surface area contributed by atoms with Crippen LogP contribution in [0.4, 0.5) is 5.69 Å². The Morgan fingerprint density at radius 3 is 2.20 bits per heavy atom. The number of nitrogens with zero attached hydrogens (tertiary/aromatic N) is 1. The van der Waals surface area contributed by atoms with Gasteiger partial charge in [-0.2, -0.15) is 0 Å². The summed E-state index contributed by atoms with van der Waals surface area (Å²) in [5, 5.41) is 4.92. The minimum atomic E-state index is -2.12. The fourth-order valence-electron chi connectivity index (χ4n) is 3.14. The average Bonchev–Trinajstić information content (AvgIpc) is 2.86. The monoisotopic (exact) mass is 436 g/mol. The van der Waals surface area contributed by atoms with Gasteiger partial charge in [-0.05, 0) is 11.0 Å². The molecule has 1 aromatic carbocycles. The molecule has 142 valence electrons. The smallest absolute Gasteiger partial charge is 0.0149 e. The average molecular weight is 437 g/mol. The van der Waals surface area contributed by atoms with Gasteiger partial charge in [0.25, 0.3) is 0 Å². The van der Waals surface area contributed by atoms with Crippen LogP contribution in [0.2, 0.25) is 10.5 Å². The van der Waals surface area contributed by atoms with Crippen molar-refractivity contribution in [1.29, 1.82) is 0 Å². The van der Waals surface area contributed by atoms with Crippen LogP contribution in [-0.4, -0.2) is 30.6 Å². The van der Waals surface area contributed by atoms with E-state index < -0.39 is 16.8 Å². The van der Waals surface area contributed by atoms with Crippen LogP contribution >= 0.6 is 0 Å². The topological polar surface area (TPSA) is 15.3 Å². The van der Waals surface area contributed by atoms with Crippen molar-refractivity contribution in [1.82, 2.24) is 3.80 Å². The number of nitrogens with one attached hydrogen (secondary N) is 1. The van der Waals surface area contributed by atoms with E-state index in [0.29, 0.717) is 0 Å². The van der Waals surface area contributed by atoms with Gasteiger partial charge in [-0.15, -0.1) is 0 Å². The van der Waals surface area contributed by atoms with Crippen molar-refractivity contribution in [3.05, 3.63) is 45.9 Å². The molecule has 6 heteroatoms. The van der Waals surface area contributed by atoms with Crippen LogP contribution in [0.1, 0.15) is 32.8 Å². The molecule has 0 radical (unpaired) electrons. The Hall–Kier alpha value is -0.0288. The van der Waals surface area contributed by atoms with E-state index in [-0.39, 0.29) is 41.3 Å². The van der Waals surface area contributed by atoms with Gasteiger partial charge in [-0.25, -0.2) is 0 Å². The van der Waals surface area contributed by atoms with E-state index in [1.807, 2.05) is 0 Å². The minimum Gasteiger partial charge on any atom is -1.00 e. The number of halogens is 2. The fraction of sp³-hybridized carbons (Fsp3) is 0.474. The van der Waals surface area contributed by atoms with Gasteiger partial charge in [0, 0.05) is 0 Å². The van der Waals surface area contributed by atoms with Gasteiger partial charge in [0.15, 0.2) is 0 Å². The van der Waals surface area contributed by atoms with Gasteiger partial charge >= 0.3 is 140 Å². The van der Waals surface area contributed by atoms with Gasteiger partial charge in [0.1, 0.15) is 0 Å². The standard InChI is InChI=1S/C13H14N.C4H10N.2CH3.2ClH.H4Si.Ti/c1-14(2)13-9-5-8-12(10-13)11-6-3-4-7-11;1-4(2,3)5;;;;;;/h5-10H,3H2,1-2H3;5H,1-3H3;2*1H3;2*1H;1H4;/q;-1;;;;;;+3/p-2. The van der Waals surface area contributed by atoms with Crippen LogP contribution in [0.5, 0.6) is 0 Å². The Morgan fingerprint density at radius 2 is 1.68 bits per heavy atom. The molecule has 0 amide bonds. The molecule has 2 nitrogen and oxygen atoms in total. The zero-order chi connectivity index (χ0) is 16.5. The molecule has 25 heavy (non-hydrogen) atoms. The number of anilines is 1. The normalized spacial score (nSPS) is 13.1. The van der Waals surface area contributed by atoms with E-state index in [1.54, 1.807) is 3.88 Å². The van der Waals surface area contributed by atoms with Gasteiger partial charge in [0.05, 0.1) is 0 Å². The Labute approximate surface area is 175 Å². The van der Waals surface area contributed by atoms with Gasteiger partial charge in [-0.1, -0.05) is 0 Å². The molecular weight excluding hydrogens is 403 g/mol. The van der Waals surface area contributed by atoms with Crippen LogP contribution < -0.4 is 33.5 Å². The first-order chi connectivity index (χ1) is 10.1. The van der Waals surface area contributed by atoms with Gasteiger partial charge in [-0.3, -0.25) is 0 Å².